The molecule has 0 heterocycles. The molecule has 0 bridgehead atoms. The molecule has 1 aromatic carbocycles. The molecule has 4 heteroatoms. The zero-order valence-electron chi connectivity index (χ0n) is 10.0. The minimum Gasteiger partial charge on any atom is -0.299 e. The molecule has 0 amide bonds. The largest absolute Gasteiger partial charge is 0.299 e. The van der Waals surface area contributed by atoms with E-state index in [4.69, 9.17) is 11.6 Å². The lowest BCUT2D eigenvalue weighted by Gasteiger charge is -2.15. The highest BCUT2D eigenvalue weighted by Gasteiger charge is 2.24. The van der Waals surface area contributed by atoms with Gasteiger partial charge in [-0.05, 0) is 18.2 Å². The Morgan fingerprint density at radius 1 is 1.29 bits per heavy atom. The minimum atomic E-state index is -0.502. The van der Waals surface area contributed by atoms with Gasteiger partial charge in [0.25, 0.3) is 0 Å². The van der Waals surface area contributed by atoms with Crippen molar-refractivity contribution in [3.8, 4) is 0 Å². The zero-order chi connectivity index (χ0) is 13.2. The Balaban J connectivity index is 2.88. The molecule has 1 rings (SSSR count). The summed E-state index contributed by atoms with van der Waals surface area (Å²) in [5.74, 6) is -0.316. The van der Waals surface area contributed by atoms with Crippen molar-refractivity contribution < 1.29 is 9.59 Å². The fourth-order valence-corrected chi connectivity index (χ4v) is 2.00. The number of hydrogen-bond acceptors (Lipinski definition) is 2. The first kappa shape index (κ1) is 14.4. The molecule has 17 heavy (non-hydrogen) atoms. The number of carbonyl (C=O) groups is 2. The van der Waals surface area contributed by atoms with Gasteiger partial charge in [-0.15, -0.1) is 0 Å². The zero-order valence-corrected chi connectivity index (χ0v) is 12.4. The van der Waals surface area contributed by atoms with Gasteiger partial charge in [0.2, 0.25) is 0 Å². The van der Waals surface area contributed by atoms with E-state index < -0.39 is 5.41 Å². The summed E-state index contributed by atoms with van der Waals surface area (Å²) in [6, 6.07) is 5.02. The summed E-state index contributed by atoms with van der Waals surface area (Å²) in [4.78, 5) is 23.7. The lowest BCUT2D eigenvalue weighted by atomic mass is 9.87. The Hall–Kier alpha value is -0.670. The quantitative estimate of drug-likeness (QED) is 0.615. The van der Waals surface area contributed by atoms with Crippen LogP contribution in [0.1, 0.15) is 37.6 Å². The van der Waals surface area contributed by atoms with Gasteiger partial charge in [-0.2, -0.15) is 0 Å². The first-order valence-corrected chi connectivity index (χ1v) is 6.40. The maximum absolute atomic E-state index is 11.9. The molecule has 2 nitrogen and oxygen atoms in total. The maximum atomic E-state index is 11.9. The van der Waals surface area contributed by atoms with Crippen LogP contribution < -0.4 is 0 Å². The number of rotatable bonds is 3. The van der Waals surface area contributed by atoms with Crippen LogP contribution in [0.25, 0.3) is 0 Å². The van der Waals surface area contributed by atoms with Crippen LogP contribution in [0.2, 0.25) is 5.02 Å². The molecule has 0 N–H and O–H groups in total. The van der Waals surface area contributed by atoms with Gasteiger partial charge < -0.3 is 0 Å². The molecule has 0 aliphatic rings. The van der Waals surface area contributed by atoms with Crippen molar-refractivity contribution in [2.75, 3.05) is 0 Å². The Labute approximate surface area is 114 Å². The topological polar surface area (TPSA) is 34.1 Å². The van der Waals surface area contributed by atoms with Crippen LogP contribution in [0, 0.1) is 5.41 Å². The summed E-state index contributed by atoms with van der Waals surface area (Å²) in [7, 11) is 0. The van der Waals surface area contributed by atoms with E-state index in [-0.39, 0.29) is 18.0 Å². The summed E-state index contributed by atoms with van der Waals surface area (Å²) in [6.07, 6.45) is -0.106. The summed E-state index contributed by atoms with van der Waals surface area (Å²) < 4.78 is 0.807. The van der Waals surface area contributed by atoms with Gasteiger partial charge in [-0.3, -0.25) is 9.59 Å². The molecule has 0 radical (unpaired) electrons. The molecule has 0 saturated carbocycles. The average molecular weight is 318 g/mol. The first-order valence-electron chi connectivity index (χ1n) is 5.23. The number of carbonyl (C=O) groups excluding carboxylic acids is 2. The molecule has 1 aromatic rings. The van der Waals surface area contributed by atoms with Crippen molar-refractivity contribution in [2.45, 2.75) is 27.2 Å². The first-order chi connectivity index (χ1) is 7.71. The molecule has 0 atom stereocenters. The van der Waals surface area contributed by atoms with Gasteiger partial charge in [0.1, 0.15) is 5.78 Å². The predicted octanol–water partition coefficient (Wildman–Crippen LogP) is 4.29. The third-order valence-electron chi connectivity index (χ3n) is 2.39. The number of Topliss-reactive ketones (excluding diaryl/α,β-unsaturated/α-hetero) is 2. The van der Waals surface area contributed by atoms with Crippen molar-refractivity contribution in [1.82, 2.24) is 0 Å². The molecule has 92 valence electrons. The third kappa shape index (κ3) is 3.93. The number of halogens is 2. The average Bonchev–Trinajstić information content (AvgIpc) is 2.15. The van der Waals surface area contributed by atoms with Crippen molar-refractivity contribution in [3.05, 3.63) is 33.3 Å². The van der Waals surface area contributed by atoms with Crippen LogP contribution in [-0.4, -0.2) is 11.6 Å². The number of ketones is 2. The molecule has 0 unspecified atom stereocenters. The lowest BCUT2D eigenvalue weighted by molar-refractivity contribution is -0.125. The fraction of sp³-hybridized carbons (Fsp3) is 0.385. The van der Waals surface area contributed by atoms with E-state index >= 15 is 0 Å². The highest BCUT2D eigenvalue weighted by molar-refractivity contribution is 9.10. The van der Waals surface area contributed by atoms with Crippen LogP contribution >= 0.6 is 27.5 Å². The Kier molecular flexibility index (Phi) is 4.50. The van der Waals surface area contributed by atoms with E-state index in [0.29, 0.717) is 10.6 Å². The van der Waals surface area contributed by atoms with Crippen molar-refractivity contribution in [3.63, 3.8) is 0 Å². The Morgan fingerprint density at radius 2 is 1.88 bits per heavy atom. The molecule has 0 saturated heterocycles. The van der Waals surface area contributed by atoms with Crippen LogP contribution in [0.15, 0.2) is 22.7 Å². The van der Waals surface area contributed by atoms with Gasteiger partial charge in [-0.25, -0.2) is 0 Å². The Bertz CT molecular complexity index is 461. The minimum absolute atomic E-state index is 0.0820. The van der Waals surface area contributed by atoms with Crippen molar-refractivity contribution in [2.24, 2.45) is 5.41 Å². The third-order valence-corrected chi connectivity index (χ3v) is 3.20. The fourth-order valence-electron chi connectivity index (χ4n) is 1.22. The summed E-state index contributed by atoms with van der Waals surface area (Å²) in [5, 5.41) is 0.367. The molecule has 0 aromatic heterocycles. The Morgan fingerprint density at radius 3 is 2.35 bits per heavy atom. The van der Waals surface area contributed by atoms with Gasteiger partial charge in [0.05, 0.1) is 11.4 Å². The molecular weight excluding hydrogens is 303 g/mol. The van der Waals surface area contributed by atoms with Gasteiger partial charge in [-0.1, -0.05) is 48.3 Å². The second kappa shape index (κ2) is 5.32. The molecular formula is C13H14BrClO2. The smallest absolute Gasteiger partial charge is 0.171 e. The summed E-state index contributed by atoms with van der Waals surface area (Å²) in [6.45, 7) is 5.39. The molecule has 0 aliphatic carbocycles. The highest BCUT2D eigenvalue weighted by Crippen LogP contribution is 2.24. The van der Waals surface area contributed by atoms with E-state index in [0.717, 1.165) is 4.47 Å². The molecule has 0 aliphatic heterocycles. The van der Waals surface area contributed by atoms with Gasteiger partial charge >= 0.3 is 0 Å². The normalized spacial score (nSPS) is 11.4. The highest BCUT2D eigenvalue weighted by atomic mass is 79.9. The molecule has 0 fully saturated rings. The van der Waals surface area contributed by atoms with E-state index in [1.807, 2.05) is 0 Å². The van der Waals surface area contributed by atoms with Crippen LogP contribution in [0.4, 0.5) is 0 Å². The SMILES string of the molecule is CC(C)(C)C(=O)CC(=O)c1ccc(Br)cc1Cl. The summed E-state index contributed by atoms with van der Waals surface area (Å²) in [5.41, 5.74) is -0.107. The van der Waals surface area contributed by atoms with Crippen LogP contribution in [-0.2, 0) is 4.79 Å². The van der Waals surface area contributed by atoms with Gasteiger partial charge in [0.15, 0.2) is 5.78 Å². The van der Waals surface area contributed by atoms with Gasteiger partial charge in [0, 0.05) is 15.5 Å². The number of hydrogen-bond donors (Lipinski definition) is 0. The van der Waals surface area contributed by atoms with Crippen molar-refractivity contribution in [1.29, 1.82) is 0 Å². The van der Waals surface area contributed by atoms with Crippen molar-refractivity contribution >= 4 is 39.1 Å². The summed E-state index contributed by atoms with van der Waals surface area (Å²) >= 11 is 9.23. The number of benzene rings is 1. The monoisotopic (exact) mass is 316 g/mol. The maximum Gasteiger partial charge on any atom is 0.171 e. The predicted molar refractivity (Wildman–Crippen MR) is 72.6 cm³/mol. The second-order valence-electron chi connectivity index (χ2n) is 4.90. The molecule has 0 spiro atoms. The van der Waals surface area contributed by atoms with E-state index in [9.17, 15) is 9.59 Å². The standard InChI is InChI=1S/C13H14BrClO2/c1-13(2,3)12(17)7-11(16)9-5-4-8(14)6-10(9)15/h4-6H,7H2,1-3H3. The van der Waals surface area contributed by atoms with E-state index in [1.165, 1.54) is 0 Å². The lowest BCUT2D eigenvalue weighted by Crippen LogP contribution is -2.23. The van der Waals surface area contributed by atoms with Crippen LogP contribution in [0.3, 0.4) is 0 Å². The van der Waals surface area contributed by atoms with E-state index in [2.05, 4.69) is 15.9 Å². The van der Waals surface area contributed by atoms with Crippen LogP contribution in [0.5, 0.6) is 0 Å². The second-order valence-corrected chi connectivity index (χ2v) is 6.22. The van der Waals surface area contributed by atoms with E-state index in [1.54, 1.807) is 39.0 Å².